The lowest BCUT2D eigenvalue weighted by molar-refractivity contribution is -0.149. The number of hydrogen-bond donors (Lipinski definition) is 1. The first-order valence-corrected chi connectivity index (χ1v) is 9.19. The topological polar surface area (TPSA) is 75.7 Å². The summed E-state index contributed by atoms with van der Waals surface area (Å²) >= 11 is 0. The molecule has 6 heteroatoms. The Labute approximate surface area is 153 Å². The fourth-order valence-corrected chi connectivity index (χ4v) is 3.93. The van der Waals surface area contributed by atoms with Gasteiger partial charge in [-0.15, -0.1) is 0 Å². The molecule has 1 spiro atoms. The second-order valence-electron chi connectivity index (χ2n) is 7.53. The lowest BCUT2D eigenvalue weighted by Crippen LogP contribution is -2.54. The third-order valence-corrected chi connectivity index (χ3v) is 5.68. The van der Waals surface area contributed by atoms with Crippen LogP contribution in [0.5, 0.6) is 0 Å². The van der Waals surface area contributed by atoms with Crippen LogP contribution < -0.4 is 5.32 Å². The number of nitrogens with one attached hydrogen (secondary N) is 1. The van der Waals surface area contributed by atoms with E-state index in [-0.39, 0.29) is 25.0 Å². The van der Waals surface area contributed by atoms with Gasteiger partial charge in [0.05, 0.1) is 0 Å². The van der Waals surface area contributed by atoms with Crippen LogP contribution in [0.25, 0.3) is 0 Å². The molecule has 0 aromatic heterocycles. The summed E-state index contributed by atoms with van der Waals surface area (Å²) in [6.45, 7) is 5.71. The number of urea groups is 1. The van der Waals surface area contributed by atoms with E-state index in [4.69, 9.17) is 4.74 Å². The first kappa shape index (κ1) is 18.4. The van der Waals surface area contributed by atoms with Crippen molar-refractivity contribution in [2.24, 2.45) is 5.92 Å². The normalized spacial score (nSPS) is 25.5. The zero-order valence-electron chi connectivity index (χ0n) is 15.6. The Morgan fingerprint density at radius 2 is 2.08 bits per heavy atom. The van der Waals surface area contributed by atoms with Gasteiger partial charge in [0.25, 0.3) is 5.91 Å². The minimum atomic E-state index is -0.845. The van der Waals surface area contributed by atoms with Gasteiger partial charge in [0, 0.05) is 0 Å². The van der Waals surface area contributed by atoms with E-state index in [0.717, 1.165) is 40.9 Å². The molecule has 1 saturated carbocycles. The van der Waals surface area contributed by atoms with Gasteiger partial charge in [0.15, 0.2) is 0 Å². The molecule has 6 nitrogen and oxygen atoms in total. The maximum atomic E-state index is 12.8. The van der Waals surface area contributed by atoms with Gasteiger partial charge in [-0.05, 0) is 43.7 Å². The molecule has 0 bridgehead atoms. The van der Waals surface area contributed by atoms with Gasteiger partial charge in [-0.1, -0.05) is 43.5 Å². The van der Waals surface area contributed by atoms with E-state index >= 15 is 0 Å². The SMILES string of the molecule is Cc1ccc(C)c(COC(=O)CN2C(=O)N[C@]3(CCCC[C@H]3C)C2=O)c1. The van der Waals surface area contributed by atoms with Crippen molar-refractivity contribution in [3.05, 3.63) is 34.9 Å². The molecular weight excluding hydrogens is 332 g/mol. The fourth-order valence-electron chi connectivity index (χ4n) is 3.93. The summed E-state index contributed by atoms with van der Waals surface area (Å²) in [5.74, 6) is -0.794. The summed E-state index contributed by atoms with van der Waals surface area (Å²) in [4.78, 5) is 38.4. The van der Waals surface area contributed by atoms with E-state index < -0.39 is 17.5 Å². The molecule has 1 heterocycles. The number of benzene rings is 1. The number of ether oxygens (including phenoxy) is 1. The largest absolute Gasteiger partial charge is 0.459 e. The van der Waals surface area contributed by atoms with Crippen LogP contribution in [-0.4, -0.2) is 34.9 Å². The number of imide groups is 1. The molecule has 0 radical (unpaired) electrons. The van der Waals surface area contributed by atoms with Crippen molar-refractivity contribution in [2.75, 3.05) is 6.54 Å². The van der Waals surface area contributed by atoms with Crippen molar-refractivity contribution in [3.8, 4) is 0 Å². The highest BCUT2D eigenvalue weighted by Crippen LogP contribution is 2.38. The number of hydrogen-bond acceptors (Lipinski definition) is 4. The van der Waals surface area contributed by atoms with E-state index in [1.54, 1.807) is 0 Å². The average molecular weight is 358 g/mol. The molecule has 26 heavy (non-hydrogen) atoms. The fraction of sp³-hybridized carbons (Fsp3) is 0.550. The number of aryl methyl sites for hydroxylation is 2. The molecule has 1 aliphatic heterocycles. The summed E-state index contributed by atoms with van der Waals surface area (Å²) in [6, 6.07) is 5.45. The number of nitrogens with zero attached hydrogens (tertiary/aromatic N) is 1. The molecule has 1 saturated heterocycles. The summed E-state index contributed by atoms with van der Waals surface area (Å²) in [5.41, 5.74) is 2.20. The number of amides is 3. The molecule has 1 aromatic rings. The summed E-state index contributed by atoms with van der Waals surface area (Å²) in [5, 5.41) is 2.84. The minimum Gasteiger partial charge on any atom is -0.459 e. The molecule has 2 aliphatic rings. The van der Waals surface area contributed by atoms with Crippen LogP contribution in [0, 0.1) is 19.8 Å². The second kappa shape index (κ2) is 7.09. The predicted molar refractivity (Wildman–Crippen MR) is 96.3 cm³/mol. The highest BCUT2D eigenvalue weighted by molar-refractivity contribution is 6.08. The standard InChI is InChI=1S/C20H26N2O4/c1-13-7-8-14(2)16(10-13)12-26-17(23)11-22-18(24)20(21-19(22)25)9-5-4-6-15(20)3/h7-8,10,15H,4-6,9,11-12H2,1-3H3,(H,21,25)/t15-,20+/m1/s1. The van der Waals surface area contributed by atoms with Crippen LogP contribution in [0.3, 0.4) is 0 Å². The van der Waals surface area contributed by atoms with Crippen molar-refractivity contribution in [1.29, 1.82) is 0 Å². The highest BCUT2D eigenvalue weighted by Gasteiger charge is 2.55. The summed E-state index contributed by atoms with van der Waals surface area (Å²) < 4.78 is 5.31. The van der Waals surface area contributed by atoms with Crippen LogP contribution in [0.15, 0.2) is 18.2 Å². The molecule has 0 unspecified atom stereocenters. The smallest absolute Gasteiger partial charge is 0.326 e. The summed E-state index contributed by atoms with van der Waals surface area (Å²) in [6.07, 6.45) is 3.49. The Morgan fingerprint density at radius 3 is 2.81 bits per heavy atom. The van der Waals surface area contributed by atoms with Crippen molar-refractivity contribution < 1.29 is 19.1 Å². The first-order chi connectivity index (χ1) is 12.3. The minimum absolute atomic E-state index is 0.0728. The second-order valence-corrected chi connectivity index (χ2v) is 7.53. The number of carbonyl (C=O) groups excluding carboxylic acids is 3. The van der Waals surface area contributed by atoms with Crippen LogP contribution in [0.4, 0.5) is 4.79 Å². The zero-order chi connectivity index (χ0) is 18.9. The molecule has 3 amide bonds. The average Bonchev–Trinajstić information content (AvgIpc) is 2.83. The molecular formula is C20H26N2O4. The van der Waals surface area contributed by atoms with E-state index in [1.807, 2.05) is 39.0 Å². The van der Waals surface area contributed by atoms with E-state index in [0.29, 0.717) is 6.42 Å². The number of rotatable bonds is 4. The molecule has 1 N–H and O–H groups in total. The van der Waals surface area contributed by atoms with Crippen LogP contribution in [0.2, 0.25) is 0 Å². The molecule has 2 atom stereocenters. The van der Waals surface area contributed by atoms with Gasteiger partial charge in [-0.2, -0.15) is 0 Å². The van der Waals surface area contributed by atoms with Gasteiger partial charge in [-0.3, -0.25) is 14.5 Å². The molecule has 2 fully saturated rings. The van der Waals surface area contributed by atoms with Crippen molar-refractivity contribution >= 4 is 17.9 Å². The number of esters is 1. The van der Waals surface area contributed by atoms with Gasteiger partial charge in [-0.25, -0.2) is 4.79 Å². The predicted octanol–water partition coefficient (Wildman–Crippen LogP) is 2.85. The third kappa shape index (κ3) is 3.32. The van der Waals surface area contributed by atoms with Crippen LogP contribution >= 0.6 is 0 Å². The Bertz CT molecular complexity index is 745. The Kier molecular flexibility index (Phi) is 5.03. The lowest BCUT2D eigenvalue weighted by atomic mass is 9.73. The van der Waals surface area contributed by atoms with E-state index in [9.17, 15) is 14.4 Å². The lowest BCUT2D eigenvalue weighted by Gasteiger charge is -2.36. The van der Waals surface area contributed by atoms with Crippen molar-refractivity contribution in [3.63, 3.8) is 0 Å². The maximum Gasteiger partial charge on any atom is 0.326 e. The maximum absolute atomic E-state index is 12.8. The Hall–Kier alpha value is -2.37. The van der Waals surface area contributed by atoms with Crippen molar-refractivity contribution in [1.82, 2.24) is 10.2 Å². The Morgan fingerprint density at radius 1 is 1.31 bits per heavy atom. The van der Waals surface area contributed by atoms with Gasteiger partial charge in [0.2, 0.25) is 0 Å². The van der Waals surface area contributed by atoms with E-state index in [2.05, 4.69) is 5.32 Å². The van der Waals surface area contributed by atoms with Crippen LogP contribution in [0.1, 0.15) is 49.3 Å². The zero-order valence-corrected chi connectivity index (χ0v) is 15.6. The third-order valence-electron chi connectivity index (χ3n) is 5.68. The van der Waals surface area contributed by atoms with Gasteiger partial charge < -0.3 is 10.1 Å². The van der Waals surface area contributed by atoms with E-state index in [1.165, 1.54) is 0 Å². The highest BCUT2D eigenvalue weighted by atomic mass is 16.5. The quantitative estimate of drug-likeness (QED) is 0.663. The van der Waals surface area contributed by atoms with Gasteiger partial charge in [0.1, 0.15) is 18.7 Å². The monoisotopic (exact) mass is 358 g/mol. The molecule has 1 aromatic carbocycles. The van der Waals surface area contributed by atoms with Crippen molar-refractivity contribution in [2.45, 2.75) is 58.6 Å². The number of carbonyl (C=O) groups is 3. The summed E-state index contributed by atoms with van der Waals surface area (Å²) in [7, 11) is 0. The van der Waals surface area contributed by atoms with Crippen LogP contribution in [-0.2, 0) is 20.9 Å². The van der Waals surface area contributed by atoms with Gasteiger partial charge >= 0.3 is 12.0 Å². The molecule has 140 valence electrons. The Balaban J connectivity index is 1.63. The molecule has 3 rings (SSSR count). The first-order valence-electron chi connectivity index (χ1n) is 9.19. The molecule has 1 aliphatic carbocycles.